The number of benzene rings is 1. The molecule has 3 amide bonds. The summed E-state index contributed by atoms with van der Waals surface area (Å²) in [5.74, 6) is -0.804. The highest BCUT2D eigenvalue weighted by atomic mass is 16.6. The van der Waals surface area contributed by atoms with E-state index in [2.05, 4.69) is 10.6 Å². The molecule has 0 aliphatic carbocycles. The Morgan fingerprint density at radius 1 is 1.12 bits per heavy atom. The molecule has 0 saturated heterocycles. The van der Waals surface area contributed by atoms with E-state index in [1.54, 1.807) is 32.9 Å². The number of phenolic OH excluding ortho intramolecular Hbond substituents is 1. The van der Waals surface area contributed by atoms with Gasteiger partial charge in [0.05, 0.1) is 0 Å². The summed E-state index contributed by atoms with van der Waals surface area (Å²) in [6.45, 7) is 14.3. The Bertz CT molecular complexity index is 796. The zero-order valence-electron chi connectivity index (χ0n) is 20.6. The third-order valence-electron chi connectivity index (χ3n) is 4.58. The van der Waals surface area contributed by atoms with Crippen molar-refractivity contribution in [1.82, 2.24) is 15.5 Å². The van der Waals surface area contributed by atoms with Crippen LogP contribution in [0, 0.1) is 0 Å². The standard InChI is InChI=1S/C24H39N3O5/c1-9-11-16(2)26-21(30)20(17-12-10-13-18(28)14-17)27(23(3,4)5)19(29)15-25-22(31)32-24(6,7)8/h10,12-14,16,20,28H,9,11,15H2,1-8H3,(H,25,31)(H,26,30). The van der Waals surface area contributed by atoms with Gasteiger partial charge in [0.1, 0.15) is 23.9 Å². The fourth-order valence-corrected chi connectivity index (χ4v) is 3.39. The number of carbonyl (C=O) groups is 3. The van der Waals surface area contributed by atoms with E-state index in [1.165, 1.54) is 17.0 Å². The van der Waals surface area contributed by atoms with E-state index in [-0.39, 0.29) is 24.2 Å². The van der Waals surface area contributed by atoms with Crippen LogP contribution in [0.3, 0.4) is 0 Å². The molecular formula is C24H39N3O5. The van der Waals surface area contributed by atoms with Gasteiger partial charge in [-0.15, -0.1) is 0 Å². The van der Waals surface area contributed by atoms with Crippen LogP contribution in [0.2, 0.25) is 0 Å². The Labute approximate surface area is 191 Å². The number of alkyl carbamates (subject to hydrolysis) is 1. The maximum absolute atomic E-state index is 13.4. The van der Waals surface area contributed by atoms with Gasteiger partial charge < -0.3 is 25.4 Å². The van der Waals surface area contributed by atoms with Crippen LogP contribution in [0.25, 0.3) is 0 Å². The number of aromatic hydroxyl groups is 1. The van der Waals surface area contributed by atoms with E-state index in [0.29, 0.717) is 5.56 Å². The molecule has 8 nitrogen and oxygen atoms in total. The van der Waals surface area contributed by atoms with Crippen molar-refractivity contribution in [3.8, 4) is 5.75 Å². The summed E-state index contributed by atoms with van der Waals surface area (Å²) in [7, 11) is 0. The lowest BCUT2D eigenvalue weighted by molar-refractivity contribution is -0.146. The minimum absolute atomic E-state index is 0.00454. The number of carbonyl (C=O) groups excluding carboxylic acids is 3. The molecule has 1 aromatic rings. The van der Waals surface area contributed by atoms with E-state index in [4.69, 9.17) is 4.74 Å². The Hall–Kier alpha value is -2.77. The molecule has 0 spiro atoms. The summed E-state index contributed by atoms with van der Waals surface area (Å²) >= 11 is 0. The highest BCUT2D eigenvalue weighted by Crippen LogP contribution is 2.31. The second kappa shape index (κ2) is 11.2. The van der Waals surface area contributed by atoms with Crippen molar-refractivity contribution in [3.05, 3.63) is 29.8 Å². The van der Waals surface area contributed by atoms with E-state index < -0.39 is 29.2 Å². The molecule has 0 aliphatic rings. The summed E-state index contributed by atoms with van der Waals surface area (Å²) in [5.41, 5.74) is -0.975. The molecule has 0 heterocycles. The lowest BCUT2D eigenvalue weighted by Gasteiger charge is -2.41. The molecule has 0 fully saturated rings. The van der Waals surface area contributed by atoms with Crippen LogP contribution in [-0.4, -0.2) is 51.6 Å². The predicted octanol–water partition coefficient (Wildman–Crippen LogP) is 3.89. The van der Waals surface area contributed by atoms with Gasteiger partial charge in [-0.05, 0) is 72.6 Å². The van der Waals surface area contributed by atoms with Crippen LogP contribution in [0.5, 0.6) is 5.75 Å². The minimum Gasteiger partial charge on any atom is -0.508 e. The third-order valence-corrected chi connectivity index (χ3v) is 4.58. The Kier molecular flexibility index (Phi) is 9.54. The second-order valence-corrected chi connectivity index (χ2v) is 9.99. The topological polar surface area (TPSA) is 108 Å². The van der Waals surface area contributed by atoms with Crippen molar-refractivity contribution in [3.63, 3.8) is 0 Å². The highest BCUT2D eigenvalue weighted by Gasteiger charge is 2.39. The summed E-state index contributed by atoms with van der Waals surface area (Å²) in [4.78, 5) is 40.1. The fourth-order valence-electron chi connectivity index (χ4n) is 3.39. The van der Waals surface area contributed by atoms with Crippen LogP contribution in [0.1, 0.15) is 79.8 Å². The number of hydrogen-bond acceptors (Lipinski definition) is 5. The van der Waals surface area contributed by atoms with E-state index >= 15 is 0 Å². The Morgan fingerprint density at radius 2 is 1.75 bits per heavy atom. The van der Waals surface area contributed by atoms with Crippen molar-refractivity contribution in [2.24, 2.45) is 0 Å². The summed E-state index contributed by atoms with van der Waals surface area (Å²) in [6.07, 6.45) is 0.983. The zero-order chi connectivity index (χ0) is 24.7. The van der Waals surface area contributed by atoms with Crippen molar-refractivity contribution >= 4 is 17.9 Å². The first kappa shape index (κ1) is 27.3. The average molecular weight is 450 g/mol. The van der Waals surface area contributed by atoms with E-state index in [1.807, 2.05) is 34.6 Å². The van der Waals surface area contributed by atoms with Gasteiger partial charge in [0, 0.05) is 11.6 Å². The molecule has 1 rings (SSSR count). The second-order valence-electron chi connectivity index (χ2n) is 9.99. The molecule has 1 aromatic carbocycles. The van der Waals surface area contributed by atoms with Gasteiger partial charge in [0.15, 0.2) is 0 Å². The van der Waals surface area contributed by atoms with Crippen molar-refractivity contribution in [1.29, 1.82) is 0 Å². The quantitative estimate of drug-likeness (QED) is 0.558. The Morgan fingerprint density at radius 3 is 2.25 bits per heavy atom. The SMILES string of the molecule is CCCC(C)NC(=O)C(c1cccc(O)c1)N(C(=O)CNC(=O)OC(C)(C)C)C(C)(C)C. The van der Waals surface area contributed by atoms with Crippen LogP contribution in [-0.2, 0) is 14.3 Å². The Balaban J connectivity index is 3.27. The summed E-state index contributed by atoms with van der Waals surface area (Å²) in [5, 5.41) is 15.5. The number of nitrogens with one attached hydrogen (secondary N) is 2. The van der Waals surface area contributed by atoms with Crippen LogP contribution in [0.4, 0.5) is 4.79 Å². The van der Waals surface area contributed by atoms with Crippen molar-refractivity contribution < 1.29 is 24.2 Å². The molecular weight excluding hydrogens is 410 g/mol. The lowest BCUT2D eigenvalue weighted by Crippen LogP contribution is -2.55. The molecule has 0 radical (unpaired) electrons. The largest absolute Gasteiger partial charge is 0.508 e. The van der Waals surface area contributed by atoms with Gasteiger partial charge in [0.25, 0.3) is 0 Å². The third kappa shape index (κ3) is 8.77. The van der Waals surface area contributed by atoms with Crippen LogP contribution < -0.4 is 10.6 Å². The highest BCUT2D eigenvalue weighted by molar-refractivity contribution is 5.91. The molecule has 0 aliphatic heterocycles. The maximum atomic E-state index is 13.4. The smallest absolute Gasteiger partial charge is 0.408 e. The number of hydrogen-bond donors (Lipinski definition) is 3. The van der Waals surface area contributed by atoms with Gasteiger partial charge in [-0.1, -0.05) is 25.5 Å². The normalized spacial score (nSPS) is 13.6. The molecule has 3 N–H and O–H groups in total. The molecule has 2 atom stereocenters. The molecule has 180 valence electrons. The average Bonchev–Trinajstić information content (AvgIpc) is 2.61. The number of nitrogens with zero attached hydrogens (tertiary/aromatic N) is 1. The van der Waals surface area contributed by atoms with Crippen LogP contribution >= 0.6 is 0 Å². The first-order chi connectivity index (χ1) is 14.7. The fraction of sp³-hybridized carbons (Fsp3) is 0.625. The molecule has 0 aromatic heterocycles. The van der Waals surface area contributed by atoms with Crippen molar-refractivity contribution in [2.75, 3.05) is 6.54 Å². The van der Waals surface area contributed by atoms with Crippen molar-refractivity contribution in [2.45, 2.75) is 91.5 Å². The molecule has 32 heavy (non-hydrogen) atoms. The van der Waals surface area contributed by atoms with E-state index in [0.717, 1.165) is 12.8 Å². The monoisotopic (exact) mass is 449 g/mol. The van der Waals surface area contributed by atoms with E-state index in [9.17, 15) is 19.5 Å². The number of ether oxygens (including phenoxy) is 1. The zero-order valence-corrected chi connectivity index (χ0v) is 20.6. The first-order valence-electron chi connectivity index (χ1n) is 11.0. The maximum Gasteiger partial charge on any atom is 0.408 e. The molecule has 0 saturated carbocycles. The number of amides is 3. The van der Waals surface area contributed by atoms with Gasteiger partial charge in [-0.25, -0.2) is 4.79 Å². The van der Waals surface area contributed by atoms with Gasteiger partial charge >= 0.3 is 6.09 Å². The number of phenols is 1. The van der Waals surface area contributed by atoms with Crippen LogP contribution in [0.15, 0.2) is 24.3 Å². The van der Waals surface area contributed by atoms with Gasteiger partial charge in [-0.2, -0.15) is 0 Å². The molecule has 2 unspecified atom stereocenters. The first-order valence-corrected chi connectivity index (χ1v) is 11.0. The minimum atomic E-state index is -0.991. The van der Waals surface area contributed by atoms with Gasteiger partial charge in [-0.3, -0.25) is 9.59 Å². The predicted molar refractivity (Wildman–Crippen MR) is 124 cm³/mol. The molecule has 0 bridgehead atoms. The lowest BCUT2D eigenvalue weighted by atomic mass is 9.96. The van der Waals surface area contributed by atoms with Gasteiger partial charge in [0.2, 0.25) is 11.8 Å². The summed E-state index contributed by atoms with van der Waals surface area (Å²) in [6, 6.07) is 5.23. The summed E-state index contributed by atoms with van der Waals surface area (Å²) < 4.78 is 5.21. The molecule has 8 heteroatoms. The number of rotatable bonds is 8.